The Bertz CT molecular complexity index is 596. The third-order valence-corrected chi connectivity index (χ3v) is 6.01. The Kier molecular flexibility index (Phi) is 5.16. The lowest BCUT2D eigenvalue weighted by Crippen LogP contribution is -2.49. The Balaban J connectivity index is 1.92. The van der Waals surface area contributed by atoms with E-state index in [9.17, 15) is 4.79 Å². The molecule has 0 radical (unpaired) electrons. The van der Waals surface area contributed by atoms with E-state index in [4.69, 9.17) is 33.7 Å². The summed E-state index contributed by atoms with van der Waals surface area (Å²) in [4.78, 5) is 15.0. The van der Waals surface area contributed by atoms with Crippen LogP contribution in [-0.2, 0) is 9.53 Å². The Labute approximate surface area is 146 Å². The average Bonchev–Trinajstić information content (AvgIpc) is 2.77. The number of carbonyl (C=O) groups excluding carboxylic acids is 1. The quantitative estimate of drug-likeness (QED) is 0.842. The highest BCUT2D eigenvalue weighted by atomic mass is 35.5. The smallest absolute Gasteiger partial charge is 0.311 e. The fraction of sp³-hybridized carbons (Fsp3) is 0.588. The molecular weight excluding hydrogens is 335 g/mol. The molecule has 0 aliphatic carbocycles. The van der Waals surface area contributed by atoms with E-state index in [0.29, 0.717) is 22.6 Å². The molecule has 2 aliphatic rings. The third-order valence-electron chi connectivity index (χ3n) is 5.27. The van der Waals surface area contributed by atoms with Crippen molar-refractivity contribution in [3.05, 3.63) is 33.8 Å². The van der Waals surface area contributed by atoms with Crippen LogP contribution in [0.15, 0.2) is 18.2 Å². The summed E-state index contributed by atoms with van der Waals surface area (Å²) in [5.41, 5.74) is 6.54. The summed E-state index contributed by atoms with van der Waals surface area (Å²) in [5.74, 6) is -0.213. The summed E-state index contributed by atoms with van der Waals surface area (Å²) < 4.78 is 5.39. The number of nitrogens with zero attached hydrogens (tertiary/aromatic N) is 1. The number of benzene rings is 1. The lowest BCUT2D eigenvalue weighted by molar-refractivity contribution is -0.153. The number of carbonyl (C=O) groups is 1. The minimum absolute atomic E-state index is 0.115. The van der Waals surface area contributed by atoms with Gasteiger partial charge in [0.1, 0.15) is 6.61 Å². The first kappa shape index (κ1) is 17.0. The predicted octanol–water partition coefficient (Wildman–Crippen LogP) is 3.06. The van der Waals surface area contributed by atoms with Gasteiger partial charge in [-0.05, 0) is 44.0 Å². The van der Waals surface area contributed by atoms with E-state index in [1.54, 1.807) is 0 Å². The summed E-state index contributed by atoms with van der Waals surface area (Å²) in [6.07, 6.45) is 3.09. The number of hydrogen-bond donors (Lipinski definition) is 1. The van der Waals surface area contributed by atoms with Gasteiger partial charge in [0.2, 0.25) is 0 Å². The van der Waals surface area contributed by atoms with Crippen LogP contribution in [0, 0.1) is 5.92 Å². The molecule has 0 unspecified atom stereocenters. The number of halogens is 2. The zero-order chi connectivity index (χ0) is 16.6. The number of fused-ring (bicyclic) bond motifs is 2. The molecule has 4 atom stereocenters. The molecular formula is C17H22Cl2N2O2. The number of rotatable bonds is 4. The van der Waals surface area contributed by atoms with Crippen LogP contribution in [0.2, 0.25) is 10.0 Å². The Hall–Kier alpha value is -0.810. The molecule has 1 aromatic carbocycles. The largest absolute Gasteiger partial charge is 0.464 e. The first-order chi connectivity index (χ1) is 11.0. The molecule has 2 fully saturated rings. The van der Waals surface area contributed by atoms with Crippen molar-refractivity contribution in [2.75, 3.05) is 20.2 Å². The van der Waals surface area contributed by atoms with Gasteiger partial charge in [-0.3, -0.25) is 9.69 Å². The van der Waals surface area contributed by atoms with Crippen LogP contribution in [0.4, 0.5) is 0 Å². The number of nitrogens with two attached hydrogens (primary N) is 1. The zero-order valence-corrected chi connectivity index (χ0v) is 14.7. The molecule has 1 aromatic rings. The van der Waals surface area contributed by atoms with Crippen molar-refractivity contribution in [2.45, 2.75) is 37.3 Å². The summed E-state index contributed by atoms with van der Waals surface area (Å²) in [7, 11) is 2.11. The van der Waals surface area contributed by atoms with Crippen LogP contribution in [-0.4, -0.2) is 43.2 Å². The lowest BCUT2D eigenvalue weighted by atomic mass is 9.76. The maximum atomic E-state index is 12.7. The molecule has 0 saturated carbocycles. The maximum Gasteiger partial charge on any atom is 0.311 e. The molecule has 6 heteroatoms. The highest BCUT2D eigenvalue weighted by Gasteiger charge is 2.49. The van der Waals surface area contributed by atoms with Gasteiger partial charge in [-0.15, -0.1) is 0 Å². The molecule has 2 heterocycles. The molecule has 126 valence electrons. The van der Waals surface area contributed by atoms with Crippen LogP contribution in [0.3, 0.4) is 0 Å². The molecule has 4 nitrogen and oxygen atoms in total. The summed E-state index contributed by atoms with van der Waals surface area (Å²) in [6.45, 7) is 0.613. The minimum atomic E-state index is -0.178. The number of piperidine rings is 1. The van der Waals surface area contributed by atoms with Crippen molar-refractivity contribution in [2.24, 2.45) is 11.7 Å². The van der Waals surface area contributed by atoms with E-state index in [0.717, 1.165) is 24.8 Å². The second kappa shape index (κ2) is 6.98. The Morgan fingerprint density at radius 2 is 2.13 bits per heavy atom. The van der Waals surface area contributed by atoms with Crippen molar-refractivity contribution >= 4 is 29.2 Å². The summed E-state index contributed by atoms with van der Waals surface area (Å²) in [6, 6.07) is 6.41. The van der Waals surface area contributed by atoms with Crippen LogP contribution in [0.1, 0.15) is 30.7 Å². The minimum Gasteiger partial charge on any atom is -0.464 e. The second-order valence-electron chi connectivity index (χ2n) is 6.46. The van der Waals surface area contributed by atoms with Crippen LogP contribution in [0.25, 0.3) is 0 Å². The van der Waals surface area contributed by atoms with Gasteiger partial charge in [0.05, 0.1) is 16.0 Å². The van der Waals surface area contributed by atoms with Crippen molar-refractivity contribution in [1.82, 2.24) is 4.90 Å². The Morgan fingerprint density at radius 3 is 2.83 bits per heavy atom. The molecule has 23 heavy (non-hydrogen) atoms. The van der Waals surface area contributed by atoms with Gasteiger partial charge in [0, 0.05) is 24.5 Å². The van der Waals surface area contributed by atoms with E-state index >= 15 is 0 Å². The fourth-order valence-electron chi connectivity index (χ4n) is 4.13. The van der Waals surface area contributed by atoms with E-state index in [2.05, 4.69) is 11.9 Å². The molecule has 0 spiro atoms. The predicted molar refractivity (Wildman–Crippen MR) is 91.9 cm³/mol. The van der Waals surface area contributed by atoms with Crippen molar-refractivity contribution in [3.63, 3.8) is 0 Å². The fourth-order valence-corrected chi connectivity index (χ4v) is 4.44. The first-order valence-corrected chi connectivity index (χ1v) is 8.82. The molecule has 2 N–H and O–H groups in total. The van der Waals surface area contributed by atoms with Crippen molar-refractivity contribution < 1.29 is 9.53 Å². The van der Waals surface area contributed by atoms with Crippen molar-refractivity contribution in [1.29, 1.82) is 0 Å². The maximum absolute atomic E-state index is 12.7. The Morgan fingerprint density at radius 1 is 1.35 bits per heavy atom. The normalized spacial score (nSPS) is 30.4. The SMILES string of the molecule is CN1[C@H]2CC[C@@H]1[C@@H](C(=O)OCCN)[C@@H](c1ccc(Cl)c(Cl)c1)C2. The van der Waals surface area contributed by atoms with Gasteiger partial charge in [-0.1, -0.05) is 29.3 Å². The second-order valence-corrected chi connectivity index (χ2v) is 7.28. The summed E-state index contributed by atoms with van der Waals surface area (Å²) >= 11 is 12.2. The van der Waals surface area contributed by atoms with Gasteiger partial charge in [-0.25, -0.2) is 0 Å². The van der Waals surface area contributed by atoms with Gasteiger partial charge in [0.15, 0.2) is 0 Å². The van der Waals surface area contributed by atoms with E-state index in [1.165, 1.54) is 0 Å². The van der Waals surface area contributed by atoms with E-state index in [1.807, 2.05) is 18.2 Å². The van der Waals surface area contributed by atoms with Crippen LogP contribution < -0.4 is 5.73 Å². The number of esters is 1. The first-order valence-electron chi connectivity index (χ1n) is 8.06. The van der Waals surface area contributed by atoms with Gasteiger partial charge < -0.3 is 10.5 Å². The highest BCUT2D eigenvalue weighted by Crippen LogP contribution is 2.47. The van der Waals surface area contributed by atoms with Gasteiger partial charge >= 0.3 is 5.97 Å². The topological polar surface area (TPSA) is 55.6 Å². The number of hydrogen-bond acceptors (Lipinski definition) is 4. The van der Waals surface area contributed by atoms with Gasteiger partial charge in [-0.2, -0.15) is 0 Å². The summed E-state index contributed by atoms with van der Waals surface area (Å²) in [5, 5.41) is 1.07. The molecule has 2 saturated heterocycles. The highest BCUT2D eigenvalue weighted by molar-refractivity contribution is 6.42. The molecule has 2 aliphatic heterocycles. The molecule has 0 aromatic heterocycles. The zero-order valence-electron chi connectivity index (χ0n) is 13.2. The standard InChI is InChI=1S/C17H22Cl2N2O2/c1-21-11-3-5-15(21)16(17(22)23-7-6-20)12(9-11)10-2-4-13(18)14(19)8-10/h2,4,8,11-12,15-16H,3,5-7,9,20H2,1H3/t11-,12+,15+,16-/m0/s1. The average molecular weight is 357 g/mol. The van der Waals surface area contributed by atoms with Crippen LogP contribution in [0.5, 0.6) is 0 Å². The molecule has 3 rings (SSSR count). The monoisotopic (exact) mass is 356 g/mol. The van der Waals surface area contributed by atoms with E-state index < -0.39 is 0 Å². The van der Waals surface area contributed by atoms with E-state index in [-0.39, 0.29) is 30.5 Å². The van der Waals surface area contributed by atoms with Crippen molar-refractivity contribution in [3.8, 4) is 0 Å². The van der Waals surface area contributed by atoms with Gasteiger partial charge in [0.25, 0.3) is 0 Å². The van der Waals surface area contributed by atoms with Crippen LogP contribution >= 0.6 is 23.2 Å². The third kappa shape index (κ3) is 3.22. The molecule has 0 amide bonds. The number of ether oxygens (including phenoxy) is 1. The lowest BCUT2D eigenvalue weighted by Gasteiger charge is -2.42. The molecule has 2 bridgehead atoms.